The summed E-state index contributed by atoms with van der Waals surface area (Å²) in [4.78, 5) is 28.0. The second-order valence-electron chi connectivity index (χ2n) is 7.67. The van der Waals surface area contributed by atoms with Crippen molar-refractivity contribution >= 4 is 11.8 Å². The highest BCUT2D eigenvalue weighted by Crippen LogP contribution is 2.46. The Hall–Kier alpha value is -1.96. The van der Waals surface area contributed by atoms with Gasteiger partial charge in [-0.2, -0.15) is 0 Å². The first-order valence-electron chi connectivity index (χ1n) is 9.10. The van der Waals surface area contributed by atoms with Crippen molar-refractivity contribution in [3.8, 4) is 0 Å². The van der Waals surface area contributed by atoms with Crippen LogP contribution in [0, 0.1) is 5.92 Å². The quantitative estimate of drug-likeness (QED) is 0.769. The number of nitrogens with two attached hydrogens (primary N) is 1. The highest BCUT2D eigenvalue weighted by Gasteiger charge is 2.58. The number of likely N-dealkylation sites (tertiary alicyclic amines) is 1. The van der Waals surface area contributed by atoms with Gasteiger partial charge in [0.05, 0.1) is 12.1 Å². The van der Waals surface area contributed by atoms with Crippen molar-refractivity contribution in [1.82, 2.24) is 9.80 Å². The van der Waals surface area contributed by atoms with Gasteiger partial charge in [0.2, 0.25) is 11.8 Å². The number of hydrogen-bond donors (Lipinski definition) is 2. The van der Waals surface area contributed by atoms with E-state index in [0.29, 0.717) is 24.6 Å². The number of benzene rings is 1. The summed E-state index contributed by atoms with van der Waals surface area (Å²) in [5.41, 5.74) is 6.88. The molecule has 140 valence electrons. The number of aliphatic hydroxyl groups is 1. The number of aliphatic hydroxyl groups excluding tert-OH is 1. The summed E-state index contributed by atoms with van der Waals surface area (Å²) in [6.45, 7) is 1.40. The molecule has 0 radical (unpaired) electrons. The summed E-state index contributed by atoms with van der Waals surface area (Å²) in [7, 11) is 1.52. The van der Waals surface area contributed by atoms with Crippen molar-refractivity contribution < 1.29 is 19.4 Å². The average Bonchev–Trinajstić information content (AvgIpc) is 2.74. The van der Waals surface area contributed by atoms with Crippen LogP contribution in [0.25, 0.3) is 0 Å². The number of carbonyl (C=O) groups excluding carboxylic acids is 2. The summed E-state index contributed by atoms with van der Waals surface area (Å²) in [6.07, 6.45) is 1.33. The summed E-state index contributed by atoms with van der Waals surface area (Å²) in [6, 6.07) is 7.33. The minimum atomic E-state index is -0.548. The highest BCUT2D eigenvalue weighted by atomic mass is 16.5. The van der Waals surface area contributed by atoms with Gasteiger partial charge in [-0.3, -0.25) is 14.5 Å². The minimum absolute atomic E-state index is 0.0429. The van der Waals surface area contributed by atoms with Gasteiger partial charge in [-0.05, 0) is 36.5 Å². The number of fused-ring (bicyclic) bond motifs is 2. The van der Waals surface area contributed by atoms with Crippen LogP contribution in [-0.2, 0) is 16.1 Å². The van der Waals surface area contributed by atoms with Crippen LogP contribution in [0.1, 0.15) is 28.8 Å². The molecule has 5 atom stereocenters. The van der Waals surface area contributed by atoms with Crippen molar-refractivity contribution in [2.45, 2.75) is 43.6 Å². The van der Waals surface area contributed by atoms with Gasteiger partial charge in [0.1, 0.15) is 6.61 Å². The lowest BCUT2D eigenvalue weighted by Crippen LogP contribution is -2.58. The fraction of sp³-hybridized carbons (Fsp3) is 0.579. The number of hydrogen-bond acceptors (Lipinski definition) is 5. The first kappa shape index (κ1) is 17.5. The predicted molar refractivity (Wildman–Crippen MR) is 94.2 cm³/mol. The lowest BCUT2D eigenvalue weighted by Gasteiger charge is -2.46. The van der Waals surface area contributed by atoms with Crippen LogP contribution in [0.15, 0.2) is 24.3 Å². The second-order valence-corrected chi connectivity index (χ2v) is 7.67. The van der Waals surface area contributed by atoms with E-state index in [1.54, 1.807) is 6.07 Å². The van der Waals surface area contributed by atoms with E-state index >= 15 is 0 Å². The van der Waals surface area contributed by atoms with Gasteiger partial charge in [0.15, 0.2) is 0 Å². The molecule has 26 heavy (non-hydrogen) atoms. The number of piperidine rings is 2. The number of nitrogens with zero attached hydrogens (tertiary/aromatic N) is 2. The van der Waals surface area contributed by atoms with E-state index in [9.17, 15) is 14.7 Å². The highest BCUT2D eigenvalue weighted by molar-refractivity contribution is 5.92. The summed E-state index contributed by atoms with van der Waals surface area (Å²) < 4.78 is 5.02. The van der Waals surface area contributed by atoms with Crippen molar-refractivity contribution in [1.29, 1.82) is 0 Å². The molecule has 0 aliphatic carbocycles. The molecule has 3 fully saturated rings. The molecule has 7 heteroatoms. The van der Waals surface area contributed by atoms with E-state index in [1.807, 2.05) is 23.1 Å². The van der Waals surface area contributed by atoms with Gasteiger partial charge in [0.25, 0.3) is 0 Å². The Bertz CT molecular complexity index is 724. The van der Waals surface area contributed by atoms with E-state index in [4.69, 9.17) is 10.5 Å². The molecule has 0 saturated carbocycles. The number of amides is 2. The van der Waals surface area contributed by atoms with Crippen molar-refractivity contribution in [3.05, 3.63) is 35.4 Å². The lowest BCUT2D eigenvalue weighted by atomic mass is 9.86. The fourth-order valence-corrected chi connectivity index (χ4v) is 5.11. The molecule has 0 spiro atoms. The molecule has 3 saturated heterocycles. The lowest BCUT2D eigenvalue weighted by molar-refractivity contribution is -0.143. The van der Waals surface area contributed by atoms with Crippen molar-refractivity contribution in [3.63, 3.8) is 0 Å². The van der Waals surface area contributed by atoms with Crippen LogP contribution in [-0.4, -0.2) is 71.2 Å². The zero-order chi connectivity index (χ0) is 18.4. The molecular formula is C19H25N3O4. The van der Waals surface area contributed by atoms with Gasteiger partial charge in [-0.15, -0.1) is 0 Å². The van der Waals surface area contributed by atoms with Crippen LogP contribution in [0.2, 0.25) is 0 Å². The van der Waals surface area contributed by atoms with Crippen LogP contribution in [0.5, 0.6) is 0 Å². The Labute approximate surface area is 152 Å². The summed E-state index contributed by atoms with van der Waals surface area (Å²) >= 11 is 0. The standard InChI is InChI=1S/C19H25N3O4/c1-26-10-16(23)22-9-12-6-14-17(22)18(24)15(7-12)21(14)8-11-3-2-4-13(5-11)19(20)25/h2-5,12,14-15,17-18,24H,6-10H2,1H3,(H2,20,25)/t12?,14?,15-,17?,18-/m0/s1. The summed E-state index contributed by atoms with van der Waals surface area (Å²) in [5, 5.41) is 10.9. The SMILES string of the molecule is COCC(=O)N1CC2CC3C1[C@@H](O)[C@H](C2)N3Cc1cccc(C(N)=O)c1. The Morgan fingerprint density at radius 3 is 2.81 bits per heavy atom. The van der Waals surface area contributed by atoms with Gasteiger partial charge in [-0.1, -0.05) is 12.1 Å². The molecule has 3 aliphatic rings. The van der Waals surface area contributed by atoms with Gasteiger partial charge < -0.3 is 20.5 Å². The largest absolute Gasteiger partial charge is 0.389 e. The molecule has 1 aromatic rings. The maximum atomic E-state index is 12.5. The number of ether oxygens (including phenoxy) is 1. The van der Waals surface area contributed by atoms with Crippen LogP contribution in [0.4, 0.5) is 0 Å². The van der Waals surface area contributed by atoms with Crippen molar-refractivity contribution in [2.75, 3.05) is 20.3 Å². The second kappa shape index (κ2) is 6.64. The Balaban J connectivity index is 1.58. The number of methoxy groups -OCH3 is 1. The van der Waals surface area contributed by atoms with Crippen LogP contribution < -0.4 is 5.73 Å². The Kier molecular flexibility index (Phi) is 4.46. The molecule has 7 nitrogen and oxygen atoms in total. The minimum Gasteiger partial charge on any atom is -0.389 e. The first-order chi connectivity index (χ1) is 12.5. The zero-order valence-electron chi connectivity index (χ0n) is 14.9. The maximum absolute atomic E-state index is 12.5. The Morgan fingerprint density at radius 1 is 1.31 bits per heavy atom. The molecule has 4 rings (SSSR count). The molecule has 3 heterocycles. The molecule has 2 amide bonds. The van der Waals surface area contributed by atoms with Gasteiger partial charge in [0, 0.05) is 37.8 Å². The maximum Gasteiger partial charge on any atom is 0.248 e. The smallest absolute Gasteiger partial charge is 0.248 e. The molecule has 3 aliphatic heterocycles. The van der Waals surface area contributed by atoms with E-state index in [2.05, 4.69) is 4.90 Å². The third kappa shape index (κ3) is 2.80. The van der Waals surface area contributed by atoms with Crippen molar-refractivity contribution in [2.24, 2.45) is 11.7 Å². The molecule has 3 N–H and O–H groups in total. The van der Waals surface area contributed by atoms with E-state index in [0.717, 1.165) is 18.4 Å². The molecule has 3 bridgehead atoms. The summed E-state index contributed by atoms with van der Waals surface area (Å²) in [5.74, 6) is -0.0687. The predicted octanol–water partition coefficient (Wildman–Crippen LogP) is -0.0336. The zero-order valence-corrected chi connectivity index (χ0v) is 14.9. The molecule has 3 unspecified atom stereocenters. The molecule has 1 aromatic carbocycles. The number of primary amides is 1. The van der Waals surface area contributed by atoms with E-state index in [-0.39, 0.29) is 30.6 Å². The fourth-order valence-electron chi connectivity index (χ4n) is 5.11. The van der Waals surface area contributed by atoms with E-state index < -0.39 is 12.0 Å². The normalized spacial score (nSPS) is 32.8. The molecule has 0 aromatic heterocycles. The van der Waals surface area contributed by atoms with Crippen LogP contribution >= 0.6 is 0 Å². The number of rotatable bonds is 5. The third-order valence-corrected chi connectivity index (χ3v) is 6.12. The van der Waals surface area contributed by atoms with Gasteiger partial charge >= 0.3 is 0 Å². The monoisotopic (exact) mass is 359 g/mol. The topological polar surface area (TPSA) is 96.1 Å². The van der Waals surface area contributed by atoms with Gasteiger partial charge in [-0.25, -0.2) is 0 Å². The third-order valence-electron chi connectivity index (χ3n) is 6.12. The number of carbonyl (C=O) groups is 2. The van der Waals surface area contributed by atoms with E-state index in [1.165, 1.54) is 7.11 Å². The molecular weight excluding hydrogens is 334 g/mol. The average molecular weight is 359 g/mol. The Morgan fingerprint density at radius 2 is 2.08 bits per heavy atom. The van der Waals surface area contributed by atoms with Crippen LogP contribution in [0.3, 0.4) is 0 Å². The first-order valence-corrected chi connectivity index (χ1v) is 9.10.